The first kappa shape index (κ1) is 15.7. The van der Waals surface area contributed by atoms with Crippen LogP contribution in [0.4, 0.5) is 11.6 Å². The first-order chi connectivity index (χ1) is 8.68. The lowest BCUT2D eigenvalue weighted by molar-refractivity contribution is 0.158. The molecule has 0 radical (unpaired) electrons. The molecule has 1 heterocycles. The van der Waals surface area contributed by atoms with Gasteiger partial charge in [0.25, 0.3) is 0 Å². The molecule has 4 N–H and O–H groups in total. The molecule has 0 aromatic carbocycles. The van der Waals surface area contributed by atoms with Crippen molar-refractivity contribution in [1.29, 1.82) is 0 Å². The van der Waals surface area contributed by atoms with Crippen molar-refractivity contribution in [2.75, 3.05) is 24.5 Å². The van der Waals surface area contributed by atoms with Crippen LogP contribution in [0.15, 0.2) is 6.07 Å². The van der Waals surface area contributed by atoms with Gasteiger partial charge < -0.3 is 15.5 Å². The van der Waals surface area contributed by atoms with Crippen molar-refractivity contribution in [3.8, 4) is 0 Å². The summed E-state index contributed by atoms with van der Waals surface area (Å²) in [6.45, 7) is 10.9. The van der Waals surface area contributed by atoms with E-state index in [4.69, 9.17) is 10.6 Å². The van der Waals surface area contributed by atoms with Gasteiger partial charge in [0.05, 0.1) is 12.1 Å². The molecule has 19 heavy (non-hydrogen) atoms. The third kappa shape index (κ3) is 4.65. The minimum atomic E-state index is -0.218. The molecular weight excluding hydrogens is 242 g/mol. The Kier molecular flexibility index (Phi) is 4.70. The Labute approximate surface area is 115 Å². The zero-order valence-electron chi connectivity index (χ0n) is 12.7. The fourth-order valence-corrected chi connectivity index (χ4v) is 1.66. The molecule has 0 unspecified atom stereocenters. The van der Waals surface area contributed by atoms with Crippen molar-refractivity contribution < 1.29 is 4.74 Å². The lowest BCUT2D eigenvalue weighted by Crippen LogP contribution is -2.36. The van der Waals surface area contributed by atoms with Crippen LogP contribution in [-0.4, -0.2) is 29.2 Å². The van der Waals surface area contributed by atoms with Gasteiger partial charge in [0.2, 0.25) is 0 Å². The van der Waals surface area contributed by atoms with Gasteiger partial charge >= 0.3 is 0 Å². The minimum absolute atomic E-state index is 0.144. The highest BCUT2D eigenvalue weighted by atomic mass is 16.5. The molecule has 1 rings (SSSR count). The summed E-state index contributed by atoms with van der Waals surface area (Å²) in [7, 11) is 1.68. The Hall–Kier alpha value is -1.40. The van der Waals surface area contributed by atoms with Crippen molar-refractivity contribution >= 4 is 11.6 Å². The average Bonchev–Trinajstić information content (AvgIpc) is 2.26. The molecule has 0 saturated carbocycles. The third-order valence-electron chi connectivity index (χ3n) is 2.52. The molecule has 1 aromatic heterocycles. The summed E-state index contributed by atoms with van der Waals surface area (Å²) in [6, 6.07) is 1.78. The largest absolute Gasteiger partial charge is 0.382 e. The van der Waals surface area contributed by atoms with Gasteiger partial charge in [-0.3, -0.25) is 0 Å². The molecule has 6 nitrogen and oxygen atoms in total. The van der Waals surface area contributed by atoms with E-state index in [9.17, 15) is 0 Å². The third-order valence-corrected chi connectivity index (χ3v) is 2.52. The Balaban J connectivity index is 3.07. The highest BCUT2D eigenvalue weighted by molar-refractivity contribution is 5.48. The monoisotopic (exact) mass is 267 g/mol. The predicted octanol–water partition coefficient (Wildman–Crippen LogP) is 1.90. The first-order valence-electron chi connectivity index (χ1n) is 6.31. The van der Waals surface area contributed by atoms with E-state index >= 15 is 0 Å². The van der Waals surface area contributed by atoms with E-state index in [1.807, 2.05) is 13.8 Å². The fraction of sp³-hybridized carbons (Fsp3) is 0.692. The van der Waals surface area contributed by atoms with Gasteiger partial charge in [-0.2, -0.15) is 0 Å². The number of nitrogen functional groups attached to an aromatic ring is 1. The summed E-state index contributed by atoms with van der Waals surface area (Å²) in [4.78, 5) is 8.93. The number of nitrogens with zero attached hydrogens (tertiary/aromatic N) is 2. The fourth-order valence-electron chi connectivity index (χ4n) is 1.66. The van der Waals surface area contributed by atoms with E-state index in [1.54, 1.807) is 13.2 Å². The Bertz CT molecular complexity index is 426. The number of hydrogen-bond acceptors (Lipinski definition) is 6. The number of hydrogen-bond donors (Lipinski definition) is 3. The van der Waals surface area contributed by atoms with Gasteiger partial charge in [0.15, 0.2) is 0 Å². The number of ether oxygens (including phenoxy) is 1. The van der Waals surface area contributed by atoms with Gasteiger partial charge in [-0.05, 0) is 13.8 Å². The second-order valence-electron chi connectivity index (χ2n) is 6.30. The molecule has 0 bridgehead atoms. The van der Waals surface area contributed by atoms with Crippen LogP contribution in [-0.2, 0) is 10.2 Å². The van der Waals surface area contributed by atoms with E-state index in [0.717, 1.165) is 11.6 Å². The first-order valence-corrected chi connectivity index (χ1v) is 6.31. The minimum Gasteiger partial charge on any atom is -0.382 e. The standard InChI is InChI=1S/C13H25N5O/c1-12(2,3)11-15-9(7-10(16-11)18-14)17-13(4,5)8-19-6/h7H,8,14H2,1-6H3,(H2,15,16,17,18). The highest BCUT2D eigenvalue weighted by Crippen LogP contribution is 2.23. The molecule has 0 spiro atoms. The summed E-state index contributed by atoms with van der Waals surface area (Å²) in [5, 5.41) is 3.33. The lowest BCUT2D eigenvalue weighted by Gasteiger charge is -2.27. The number of nitrogens with two attached hydrogens (primary N) is 1. The molecule has 108 valence electrons. The molecular formula is C13H25N5O. The second-order valence-corrected chi connectivity index (χ2v) is 6.30. The molecule has 0 saturated heterocycles. The summed E-state index contributed by atoms with van der Waals surface area (Å²) in [5.41, 5.74) is 2.21. The lowest BCUT2D eigenvalue weighted by atomic mass is 9.95. The van der Waals surface area contributed by atoms with Crippen molar-refractivity contribution in [3.05, 3.63) is 11.9 Å². The number of aromatic nitrogens is 2. The van der Waals surface area contributed by atoms with E-state index in [0.29, 0.717) is 12.4 Å². The maximum Gasteiger partial charge on any atom is 0.145 e. The molecule has 0 aliphatic rings. The number of hydrazine groups is 1. The molecule has 0 atom stereocenters. The van der Waals surface area contributed by atoms with Crippen LogP contribution in [0.3, 0.4) is 0 Å². The van der Waals surface area contributed by atoms with Crippen molar-refractivity contribution in [3.63, 3.8) is 0 Å². The van der Waals surface area contributed by atoms with Gasteiger partial charge in [-0.25, -0.2) is 15.8 Å². The molecule has 0 aliphatic heterocycles. The topological polar surface area (TPSA) is 85.1 Å². The van der Waals surface area contributed by atoms with Gasteiger partial charge in [0, 0.05) is 18.6 Å². The summed E-state index contributed by atoms with van der Waals surface area (Å²) in [6.07, 6.45) is 0. The molecule has 1 aromatic rings. The normalized spacial score (nSPS) is 12.4. The smallest absolute Gasteiger partial charge is 0.145 e. The van der Waals surface area contributed by atoms with Gasteiger partial charge in [-0.15, -0.1) is 0 Å². The average molecular weight is 267 g/mol. The highest BCUT2D eigenvalue weighted by Gasteiger charge is 2.22. The van der Waals surface area contributed by atoms with E-state index in [2.05, 4.69) is 41.5 Å². The van der Waals surface area contributed by atoms with Crippen LogP contribution in [0.5, 0.6) is 0 Å². The molecule has 0 aliphatic carbocycles. The van der Waals surface area contributed by atoms with Crippen LogP contribution in [0.1, 0.15) is 40.4 Å². The maximum atomic E-state index is 5.46. The molecule has 0 amide bonds. The number of methoxy groups -OCH3 is 1. The van der Waals surface area contributed by atoms with Crippen LogP contribution in [0.2, 0.25) is 0 Å². The number of rotatable bonds is 5. The van der Waals surface area contributed by atoms with E-state index in [-0.39, 0.29) is 11.0 Å². The zero-order valence-corrected chi connectivity index (χ0v) is 12.7. The Morgan fingerprint density at radius 2 is 1.74 bits per heavy atom. The Morgan fingerprint density at radius 1 is 1.16 bits per heavy atom. The quantitative estimate of drug-likeness (QED) is 0.558. The molecule has 6 heteroatoms. The van der Waals surface area contributed by atoms with Crippen LogP contribution < -0.4 is 16.6 Å². The number of anilines is 2. The SMILES string of the molecule is COCC(C)(C)Nc1cc(NN)nc(C(C)(C)C)n1. The van der Waals surface area contributed by atoms with Crippen molar-refractivity contribution in [2.24, 2.45) is 5.84 Å². The summed E-state index contributed by atoms with van der Waals surface area (Å²) >= 11 is 0. The second kappa shape index (κ2) is 5.71. The van der Waals surface area contributed by atoms with E-state index < -0.39 is 0 Å². The summed E-state index contributed by atoms with van der Waals surface area (Å²) < 4.78 is 5.19. The predicted molar refractivity (Wildman–Crippen MR) is 78.1 cm³/mol. The van der Waals surface area contributed by atoms with Crippen LogP contribution >= 0.6 is 0 Å². The summed E-state index contributed by atoms with van der Waals surface area (Å²) in [5.74, 6) is 7.52. The van der Waals surface area contributed by atoms with Crippen molar-refractivity contribution in [2.45, 2.75) is 45.6 Å². The zero-order chi connectivity index (χ0) is 14.7. The number of nitrogens with one attached hydrogen (secondary N) is 2. The van der Waals surface area contributed by atoms with E-state index in [1.165, 1.54) is 0 Å². The van der Waals surface area contributed by atoms with Gasteiger partial charge in [-0.1, -0.05) is 20.8 Å². The van der Waals surface area contributed by atoms with Crippen LogP contribution in [0.25, 0.3) is 0 Å². The molecule has 0 fully saturated rings. The Morgan fingerprint density at radius 3 is 2.21 bits per heavy atom. The van der Waals surface area contributed by atoms with Crippen molar-refractivity contribution in [1.82, 2.24) is 9.97 Å². The van der Waals surface area contributed by atoms with Crippen LogP contribution in [0, 0.1) is 0 Å². The maximum absolute atomic E-state index is 5.46. The van der Waals surface area contributed by atoms with Gasteiger partial charge in [0.1, 0.15) is 17.5 Å².